The maximum Gasteiger partial charge on any atom is 0.338 e. The summed E-state index contributed by atoms with van der Waals surface area (Å²) in [7, 11) is 0. The first-order valence-electron chi connectivity index (χ1n) is 9.83. The number of amides is 1. The molecule has 0 aliphatic heterocycles. The van der Waals surface area contributed by atoms with Crippen LogP contribution in [-0.2, 0) is 4.74 Å². The van der Waals surface area contributed by atoms with Crippen molar-refractivity contribution in [2.45, 2.75) is 6.92 Å². The Morgan fingerprint density at radius 3 is 2.62 bits per heavy atom. The van der Waals surface area contributed by atoms with Gasteiger partial charge in [-0.15, -0.1) is 0 Å². The molecule has 0 atom stereocenters. The fourth-order valence-corrected chi connectivity index (χ4v) is 3.26. The van der Waals surface area contributed by atoms with Crippen LogP contribution in [-0.4, -0.2) is 28.0 Å². The molecule has 0 saturated carbocycles. The van der Waals surface area contributed by atoms with Gasteiger partial charge >= 0.3 is 5.97 Å². The van der Waals surface area contributed by atoms with Crippen LogP contribution in [0.4, 0.5) is 10.1 Å². The van der Waals surface area contributed by atoms with Gasteiger partial charge in [0, 0.05) is 23.8 Å². The maximum atomic E-state index is 13.4. The maximum absolute atomic E-state index is 13.4. The molecule has 8 heteroatoms. The quantitative estimate of drug-likeness (QED) is 0.483. The highest BCUT2D eigenvalue weighted by Crippen LogP contribution is 2.18. The molecule has 4 rings (SSSR count). The molecule has 2 aromatic carbocycles. The van der Waals surface area contributed by atoms with E-state index in [0.29, 0.717) is 17.0 Å². The number of esters is 1. The minimum absolute atomic E-state index is 0.128. The lowest BCUT2D eigenvalue weighted by Crippen LogP contribution is -2.24. The zero-order valence-corrected chi connectivity index (χ0v) is 17.0. The molecule has 0 saturated heterocycles. The highest BCUT2D eigenvalue weighted by molar-refractivity contribution is 6.06. The molecule has 0 aliphatic rings. The summed E-state index contributed by atoms with van der Waals surface area (Å²) in [5.41, 5.74) is 0.857. The smallest absolute Gasteiger partial charge is 0.338 e. The van der Waals surface area contributed by atoms with Crippen LogP contribution in [0.1, 0.15) is 27.6 Å². The zero-order chi connectivity index (χ0) is 22.7. The van der Waals surface area contributed by atoms with Gasteiger partial charge in [0.2, 0.25) is 5.43 Å². The average Bonchev–Trinajstić information content (AvgIpc) is 2.80. The number of ether oxygens (including phenoxy) is 1. The van der Waals surface area contributed by atoms with Crippen molar-refractivity contribution in [3.05, 3.63) is 100 Å². The van der Waals surface area contributed by atoms with E-state index in [-0.39, 0.29) is 23.1 Å². The van der Waals surface area contributed by atoms with E-state index < -0.39 is 23.1 Å². The Morgan fingerprint density at radius 2 is 1.88 bits per heavy atom. The summed E-state index contributed by atoms with van der Waals surface area (Å²) in [6, 6.07) is 15.0. The van der Waals surface area contributed by atoms with Crippen molar-refractivity contribution in [2.75, 3.05) is 11.9 Å². The van der Waals surface area contributed by atoms with Gasteiger partial charge in [0.25, 0.3) is 5.91 Å². The molecule has 0 radical (unpaired) electrons. The van der Waals surface area contributed by atoms with Crippen LogP contribution in [0.25, 0.3) is 16.7 Å². The van der Waals surface area contributed by atoms with Crippen molar-refractivity contribution in [1.29, 1.82) is 0 Å². The number of rotatable bonds is 5. The van der Waals surface area contributed by atoms with E-state index in [9.17, 15) is 18.8 Å². The molecule has 1 amide bonds. The number of anilines is 1. The van der Waals surface area contributed by atoms with Crippen LogP contribution in [0, 0.1) is 5.82 Å². The van der Waals surface area contributed by atoms with E-state index in [1.165, 1.54) is 42.7 Å². The van der Waals surface area contributed by atoms with E-state index >= 15 is 0 Å². The van der Waals surface area contributed by atoms with Gasteiger partial charge in [-0.2, -0.15) is 0 Å². The van der Waals surface area contributed by atoms with Crippen molar-refractivity contribution >= 4 is 28.6 Å². The Hall–Kier alpha value is -4.33. The fraction of sp³-hybridized carbons (Fsp3) is 0.0833. The molecule has 2 heterocycles. The van der Waals surface area contributed by atoms with Crippen LogP contribution in [0.3, 0.4) is 0 Å². The van der Waals surface area contributed by atoms with E-state index in [1.807, 2.05) is 0 Å². The van der Waals surface area contributed by atoms with Crippen molar-refractivity contribution in [3.63, 3.8) is 0 Å². The summed E-state index contributed by atoms with van der Waals surface area (Å²) in [5.74, 6) is -1.58. The summed E-state index contributed by atoms with van der Waals surface area (Å²) < 4.78 is 19.9. The van der Waals surface area contributed by atoms with Gasteiger partial charge in [-0.1, -0.05) is 6.07 Å². The molecule has 0 bridgehead atoms. The summed E-state index contributed by atoms with van der Waals surface area (Å²) in [6.07, 6.45) is 2.90. The van der Waals surface area contributed by atoms with Crippen molar-refractivity contribution in [1.82, 2.24) is 9.55 Å². The van der Waals surface area contributed by atoms with E-state index in [4.69, 9.17) is 4.74 Å². The average molecular weight is 431 g/mol. The summed E-state index contributed by atoms with van der Waals surface area (Å²) in [5, 5.41) is 2.89. The number of benzene rings is 2. The van der Waals surface area contributed by atoms with Gasteiger partial charge in [0.15, 0.2) is 0 Å². The Labute approximate surface area is 182 Å². The SMILES string of the molecule is CCOC(=O)c1cccc(NC(=O)c2cn(-c3ccc(F)cc3)c3ncccc3c2=O)c1. The van der Waals surface area contributed by atoms with Crippen molar-refractivity contribution < 1.29 is 18.7 Å². The molecule has 32 heavy (non-hydrogen) atoms. The van der Waals surface area contributed by atoms with E-state index in [2.05, 4.69) is 10.3 Å². The molecule has 2 aromatic heterocycles. The first-order chi connectivity index (χ1) is 15.5. The highest BCUT2D eigenvalue weighted by Gasteiger charge is 2.18. The normalized spacial score (nSPS) is 10.7. The van der Waals surface area contributed by atoms with Crippen LogP contribution in [0.15, 0.2) is 77.9 Å². The Morgan fingerprint density at radius 1 is 1.09 bits per heavy atom. The van der Waals surface area contributed by atoms with Gasteiger partial charge in [-0.3, -0.25) is 9.59 Å². The van der Waals surface area contributed by atoms with Crippen LogP contribution in [0.2, 0.25) is 0 Å². The molecule has 0 unspecified atom stereocenters. The third-order valence-electron chi connectivity index (χ3n) is 4.74. The minimum Gasteiger partial charge on any atom is -0.462 e. The number of hydrogen-bond acceptors (Lipinski definition) is 5. The molecule has 0 aliphatic carbocycles. The molecule has 4 aromatic rings. The second kappa shape index (κ2) is 8.81. The number of nitrogens with one attached hydrogen (secondary N) is 1. The molecule has 0 fully saturated rings. The summed E-state index contributed by atoms with van der Waals surface area (Å²) >= 11 is 0. The lowest BCUT2D eigenvalue weighted by molar-refractivity contribution is 0.0526. The number of nitrogens with zero attached hydrogens (tertiary/aromatic N) is 2. The summed E-state index contributed by atoms with van der Waals surface area (Å²) in [6.45, 7) is 1.92. The lowest BCUT2D eigenvalue weighted by atomic mass is 10.1. The second-order valence-corrected chi connectivity index (χ2v) is 6.85. The van der Waals surface area contributed by atoms with Gasteiger partial charge < -0.3 is 14.6 Å². The predicted octanol–water partition coefficient (Wildman–Crippen LogP) is 3.95. The van der Waals surface area contributed by atoms with Crippen molar-refractivity contribution in [2.24, 2.45) is 0 Å². The van der Waals surface area contributed by atoms with Gasteiger partial charge in [0.1, 0.15) is 17.0 Å². The molecule has 0 spiro atoms. The molecule has 160 valence electrons. The second-order valence-electron chi connectivity index (χ2n) is 6.85. The largest absolute Gasteiger partial charge is 0.462 e. The minimum atomic E-state index is -0.655. The number of aromatic nitrogens is 2. The zero-order valence-electron chi connectivity index (χ0n) is 17.0. The number of carbonyl (C=O) groups excluding carboxylic acids is 2. The monoisotopic (exact) mass is 431 g/mol. The Bertz CT molecular complexity index is 1380. The number of carbonyl (C=O) groups is 2. The topological polar surface area (TPSA) is 90.3 Å². The van der Waals surface area contributed by atoms with E-state index in [1.54, 1.807) is 41.8 Å². The molecular formula is C24H18FN3O4. The van der Waals surface area contributed by atoms with Crippen molar-refractivity contribution in [3.8, 4) is 5.69 Å². The standard InChI is InChI=1S/C24H18FN3O4/c1-2-32-24(31)15-5-3-6-17(13-15)27-23(30)20-14-28(18-10-8-16(25)9-11-18)22-19(21(20)29)7-4-12-26-22/h3-14H,2H2,1H3,(H,27,30). The number of hydrogen-bond donors (Lipinski definition) is 1. The highest BCUT2D eigenvalue weighted by atomic mass is 19.1. The van der Waals surface area contributed by atoms with Gasteiger partial charge in [0.05, 0.1) is 17.6 Å². The molecule has 7 nitrogen and oxygen atoms in total. The van der Waals surface area contributed by atoms with Crippen LogP contribution < -0.4 is 10.7 Å². The lowest BCUT2D eigenvalue weighted by Gasteiger charge is -2.13. The number of fused-ring (bicyclic) bond motifs is 1. The van der Waals surface area contributed by atoms with Gasteiger partial charge in [-0.05, 0) is 61.5 Å². The third-order valence-corrected chi connectivity index (χ3v) is 4.74. The Kier molecular flexibility index (Phi) is 5.76. The number of pyridine rings is 2. The van der Waals surface area contributed by atoms with E-state index in [0.717, 1.165) is 0 Å². The molecule has 1 N–H and O–H groups in total. The third kappa shape index (κ3) is 4.11. The fourth-order valence-electron chi connectivity index (χ4n) is 3.26. The number of halogens is 1. The summed E-state index contributed by atoms with van der Waals surface area (Å²) in [4.78, 5) is 42.2. The first kappa shape index (κ1) is 20.9. The first-order valence-corrected chi connectivity index (χ1v) is 9.83. The Balaban J connectivity index is 1.76. The van der Waals surface area contributed by atoms with Crippen LogP contribution >= 0.6 is 0 Å². The molecular weight excluding hydrogens is 413 g/mol. The predicted molar refractivity (Wildman–Crippen MR) is 118 cm³/mol. The van der Waals surface area contributed by atoms with Crippen LogP contribution in [0.5, 0.6) is 0 Å². The van der Waals surface area contributed by atoms with Gasteiger partial charge in [-0.25, -0.2) is 14.2 Å².